The van der Waals surface area contributed by atoms with Gasteiger partial charge in [0, 0.05) is 22.8 Å². The van der Waals surface area contributed by atoms with Crippen molar-refractivity contribution in [3.63, 3.8) is 0 Å². The number of rotatable bonds is 4. The second-order valence-electron chi connectivity index (χ2n) is 4.41. The molecule has 1 N–H and O–H groups in total. The number of nitrogens with one attached hydrogen (secondary N) is 1. The van der Waals surface area contributed by atoms with Crippen molar-refractivity contribution in [1.29, 1.82) is 0 Å². The van der Waals surface area contributed by atoms with E-state index in [2.05, 4.69) is 37.9 Å². The molecule has 7 heteroatoms. The molecule has 104 valence electrons. The number of aromatic nitrogens is 4. The highest BCUT2D eigenvalue weighted by Crippen LogP contribution is 2.26. The molecule has 0 atom stereocenters. The molecule has 4 heterocycles. The van der Waals surface area contributed by atoms with E-state index in [1.165, 1.54) is 4.88 Å². The number of fused-ring (bicyclic) bond motifs is 1. The molecule has 0 fully saturated rings. The van der Waals surface area contributed by atoms with Crippen LogP contribution >= 0.6 is 22.7 Å². The van der Waals surface area contributed by atoms with Crippen LogP contribution < -0.4 is 5.32 Å². The third-order valence-corrected chi connectivity index (χ3v) is 4.81. The Labute approximate surface area is 128 Å². The molecule has 0 aliphatic rings. The zero-order valence-electron chi connectivity index (χ0n) is 10.9. The lowest BCUT2D eigenvalue weighted by molar-refractivity contribution is 0.970. The molecule has 4 aromatic rings. The normalized spacial score (nSPS) is 11.0. The molecule has 5 nitrogen and oxygen atoms in total. The predicted molar refractivity (Wildman–Crippen MR) is 85.7 cm³/mol. The lowest BCUT2D eigenvalue weighted by Gasteiger charge is -1.99. The van der Waals surface area contributed by atoms with Gasteiger partial charge in [0.25, 0.3) is 0 Å². The maximum Gasteiger partial charge on any atom is 0.214 e. The van der Waals surface area contributed by atoms with Crippen molar-refractivity contribution >= 4 is 32.8 Å². The second kappa shape index (κ2) is 5.27. The van der Waals surface area contributed by atoms with Crippen LogP contribution in [0.5, 0.6) is 0 Å². The van der Waals surface area contributed by atoms with Gasteiger partial charge in [0.15, 0.2) is 0 Å². The van der Waals surface area contributed by atoms with Gasteiger partial charge in [0.1, 0.15) is 0 Å². The molecule has 21 heavy (non-hydrogen) atoms. The topological polar surface area (TPSA) is 55.1 Å². The van der Waals surface area contributed by atoms with Crippen LogP contribution in [0.4, 0.5) is 5.13 Å². The molecular weight excluding hydrogens is 302 g/mol. The van der Waals surface area contributed by atoms with E-state index in [4.69, 9.17) is 0 Å². The van der Waals surface area contributed by atoms with E-state index in [9.17, 15) is 0 Å². The fourth-order valence-corrected chi connectivity index (χ4v) is 3.47. The molecule has 4 rings (SSSR count). The van der Waals surface area contributed by atoms with Gasteiger partial charge >= 0.3 is 0 Å². The van der Waals surface area contributed by atoms with Crippen LogP contribution in [-0.2, 0) is 6.54 Å². The standard InChI is InChI=1S/C14H11N5S2/c1-2-11(20-7-1)8-16-13-18-19-12(9-17-14(19)21-13)10-3-5-15-6-4-10/h1-7,9H,8H2,(H,16,18). The van der Waals surface area contributed by atoms with Gasteiger partial charge in [-0.3, -0.25) is 4.98 Å². The molecule has 0 bridgehead atoms. The lowest BCUT2D eigenvalue weighted by Crippen LogP contribution is -1.98. The molecule has 0 saturated carbocycles. The Hall–Kier alpha value is -2.25. The summed E-state index contributed by atoms with van der Waals surface area (Å²) in [6, 6.07) is 8.08. The molecule has 0 unspecified atom stereocenters. The Morgan fingerprint density at radius 3 is 2.90 bits per heavy atom. The minimum atomic E-state index is 0.791. The number of hydrogen-bond acceptors (Lipinski definition) is 6. The zero-order valence-corrected chi connectivity index (χ0v) is 12.6. The quantitative estimate of drug-likeness (QED) is 0.626. The average molecular weight is 313 g/mol. The number of thiophene rings is 1. The highest BCUT2D eigenvalue weighted by molar-refractivity contribution is 7.20. The molecule has 0 aromatic carbocycles. The van der Waals surface area contributed by atoms with Crippen LogP contribution in [0, 0.1) is 0 Å². The predicted octanol–water partition coefficient (Wildman–Crippen LogP) is 3.53. The van der Waals surface area contributed by atoms with Crippen molar-refractivity contribution in [2.24, 2.45) is 0 Å². The van der Waals surface area contributed by atoms with Crippen molar-refractivity contribution in [3.05, 3.63) is 53.1 Å². The minimum absolute atomic E-state index is 0.791. The second-order valence-corrected chi connectivity index (χ2v) is 6.40. The van der Waals surface area contributed by atoms with Crippen LogP contribution in [0.25, 0.3) is 16.2 Å². The highest BCUT2D eigenvalue weighted by Gasteiger charge is 2.11. The van der Waals surface area contributed by atoms with Gasteiger partial charge in [-0.05, 0) is 23.6 Å². The first kappa shape index (κ1) is 12.5. The molecule has 0 spiro atoms. The van der Waals surface area contributed by atoms with E-state index < -0.39 is 0 Å². The summed E-state index contributed by atoms with van der Waals surface area (Å²) in [5.74, 6) is 0. The third kappa shape index (κ3) is 2.41. The van der Waals surface area contributed by atoms with E-state index in [0.29, 0.717) is 0 Å². The summed E-state index contributed by atoms with van der Waals surface area (Å²) in [6.07, 6.45) is 5.39. The van der Waals surface area contributed by atoms with Crippen molar-refractivity contribution in [3.8, 4) is 11.3 Å². The summed E-state index contributed by atoms with van der Waals surface area (Å²) in [5.41, 5.74) is 2.04. The van der Waals surface area contributed by atoms with E-state index >= 15 is 0 Å². The van der Waals surface area contributed by atoms with Crippen LogP contribution in [0.3, 0.4) is 0 Å². The van der Waals surface area contributed by atoms with Crippen LogP contribution in [0.2, 0.25) is 0 Å². The largest absolute Gasteiger partial charge is 0.355 e. The van der Waals surface area contributed by atoms with E-state index in [0.717, 1.165) is 27.9 Å². The average Bonchev–Trinajstić information content (AvgIpc) is 3.22. The van der Waals surface area contributed by atoms with Crippen molar-refractivity contribution in [1.82, 2.24) is 19.6 Å². The van der Waals surface area contributed by atoms with Crippen LogP contribution in [0.15, 0.2) is 48.2 Å². The molecule has 0 radical (unpaired) electrons. The molecular formula is C14H11N5S2. The zero-order chi connectivity index (χ0) is 14.1. The Bertz CT molecular complexity index is 848. The number of anilines is 1. The molecule has 0 amide bonds. The number of pyridine rings is 1. The number of nitrogens with zero attached hydrogens (tertiary/aromatic N) is 4. The number of imidazole rings is 1. The minimum Gasteiger partial charge on any atom is -0.355 e. The lowest BCUT2D eigenvalue weighted by atomic mass is 10.2. The Morgan fingerprint density at radius 2 is 2.10 bits per heavy atom. The van der Waals surface area contributed by atoms with E-state index in [-0.39, 0.29) is 0 Å². The maximum atomic E-state index is 4.59. The fourth-order valence-electron chi connectivity index (χ4n) is 2.06. The molecule has 0 aliphatic heterocycles. The Kier molecular flexibility index (Phi) is 3.13. The smallest absolute Gasteiger partial charge is 0.214 e. The summed E-state index contributed by atoms with van der Waals surface area (Å²) in [6.45, 7) is 0.791. The van der Waals surface area contributed by atoms with Gasteiger partial charge in [0.2, 0.25) is 10.1 Å². The van der Waals surface area contributed by atoms with Crippen molar-refractivity contribution in [2.75, 3.05) is 5.32 Å². The first-order chi connectivity index (χ1) is 10.4. The summed E-state index contributed by atoms with van der Waals surface area (Å²) < 4.78 is 1.87. The molecule has 0 saturated heterocycles. The van der Waals surface area contributed by atoms with Gasteiger partial charge in [-0.15, -0.1) is 16.4 Å². The van der Waals surface area contributed by atoms with E-state index in [1.54, 1.807) is 35.1 Å². The van der Waals surface area contributed by atoms with Gasteiger partial charge in [-0.25, -0.2) is 9.50 Å². The SMILES string of the molecule is c1csc(CNc2nn3c(-c4ccncc4)cnc3s2)c1. The van der Waals surface area contributed by atoms with Crippen molar-refractivity contribution in [2.45, 2.75) is 6.54 Å². The van der Waals surface area contributed by atoms with Crippen LogP contribution in [0.1, 0.15) is 4.88 Å². The Balaban J connectivity index is 1.63. The van der Waals surface area contributed by atoms with Crippen molar-refractivity contribution < 1.29 is 0 Å². The molecule has 4 aromatic heterocycles. The summed E-state index contributed by atoms with van der Waals surface area (Å²) in [5, 5.41) is 10.9. The first-order valence-corrected chi connectivity index (χ1v) is 8.11. The van der Waals surface area contributed by atoms with Gasteiger partial charge < -0.3 is 5.32 Å². The van der Waals surface area contributed by atoms with Crippen LogP contribution in [-0.4, -0.2) is 19.6 Å². The summed E-state index contributed by atoms with van der Waals surface area (Å²) in [7, 11) is 0. The fraction of sp³-hybridized carbons (Fsp3) is 0.0714. The summed E-state index contributed by atoms with van der Waals surface area (Å²) >= 11 is 3.29. The highest BCUT2D eigenvalue weighted by atomic mass is 32.1. The summed E-state index contributed by atoms with van der Waals surface area (Å²) in [4.78, 5) is 10.6. The van der Waals surface area contributed by atoms with Gasteiger partial charge in [-0.1, -0.05) is 17.4 Å². The molecule has 0 aliphatic carbocycles. The third-order valence-electron chi connectivity index (χ3n) is 3.06. The Morgan fingerprint density at radius 1 is 1.19 bits per heavy atom. The first-order valence-electron chi connectivity index (χ1n) is 6.41. The monoisotopic (exact) mass is 313 g/mol. The van der Waals surface area contributed by atoms with Gasteiger partial charge in [-0.2, -0.15) is 0 Å². The maximum absolute atomic E-state index is 4.59. The van der Waals surface area contributed by atoms with E-state index in [1.807, 2.05) is 22.8 Å². The van der Waals surface area contributed by atoms with Gasteiger partial charge in [0.05, 0.1) is 18.4 Å². The number of hydrogen-bond donors (Lipinski definition) is 1.